The molecule has 0 saturated heterocycles. The van der Waals surface area contributed by atoms with Gasteiger partial charge in [0.05, 0.1) is 6.04 Å². The van der Waals surface area contributed by atoms with Gasteiger partial charge in [-0.15, -0.1) is 0 Å². The average Bonchev–Trinajstić information content (AvgIpc) is 2.75. The number of fused-ring (bicyclic) bond motifs is 3. The molecular weight excluding hydrogens is 248 g/mol. The van der Waals surface area contributed by atoms with Gasteiger partial charge in [0.1, 0.15) is 0 Å². The van der Waals surface area contributed by atoms with Gasteiger partial charge in [-0.1, -0.05) is 11.6 Å². The molecule has 1 amide bonds. The number of benzene rings is 1. The summed E-state index contributed by atoms with van der Waals surface area (Å²) in [4.78, 5) is 14.0. The molecule has 0 spiro atoms. The van der Waals surface area contributed by atoms with Crippen molar-refractivity contribution in [2.75, 3.05) is 6.54 Å². The summed E-state index contributed by atoms with van der Waals surface area (Å²) in [6, 6.07) is 7.07. The summed E-state index contributed by atoms with van der Waals surface area (Å²) >= 11 is 0. The zero-order valence-corrected chi connectivity index (χ0v) is 12.1. The first kappa shape index (κ1) is 12.0. The van der Waals surface area contributed by atoms with Crippen LogP contribution in [-0.4, -0.2) is 21.9 Å². The summed E-state index contributed by atoms with van der Waals surface area (Å²) in [5, 5.41) is 1.41. The molecule has 2 aromatic rings. The van der Waals surface area contributed by atoms with E-state index >= 15 is 0 Å². The molecule has 2 aliphatic rings. The van der Waals surface area contributed by atoms with Gasteiger partial charge in [-0.2, -0.15) is 0 Å². The second kappa shape index (κ2) is 4.11. The fourth-order valence-electron chi connectivity index (χ4n) is 4.10. The van der Waals surface area contributed by atoms with Gasteiger partial charge >= 0.3 is 0 Å². The monoisotopic (exact) mass is 268 g/mol. The molecule has 0 unspecified atom stereocenters. The molecule has 3 heteroatoms. The maximum Gasteiger partial charge on any atom is 0.220 e. The summed E-state index contributed by atoms with van der Waals surface area (Å²) in [7, 11) is 0. The van der Waals surface area contributed by atoms with Crippen LogP contribution in [0.5, 0.6) is 0 Å². The maximum atomic E-state index is 11.9. The van der Waals surface area contributed by atoms with Crippen LogP contribution < -0.4 is 0 Å². The molecule has 0 N–H and O–H groups in total. The normalized spacial score (nSPS) is 21.1. The minimum atomic E-state index is 0.218. The van der Waals surface area contributed by atoms with E-state index in [2.05, 4.69) is 34.6 Å². The Hall–Kier alpha value is -1.77. The van der Waals surface area contributed by atoms with Crippen molar-refractivity contribution in [1.29, 1.82) is 0 Å². The fourth-order valence-corrected chi connectivity index (χ4v) is 4.10. The van der Waals surface area contributed by atoms with Crippen LogP contribution in [0, 0.1) is 6.92 Å². The van der Waals surface area contributed by atoms with E-state index in [9.17, 15) is 4.79 Å². The standard InChI is InChI=1S/C17H20N2O/c1-11-6-7-15-14(10-11)13-4-3-5-16-17(13)19(15)9-8-18(16)12(2)20/h6-7,10,16H,3-5,8-9H2,1-2H3/t16-/m1/s1. The summed E-state index contributed by atoms with van der Waals surface area (Å²) in [6.07, 6.45) is 3.46. The Kier molecular flexibility index (Phi) is 2.47. The highest BCUT2D eigenvalue weighted by Crippen LogP contribution is 2.42. The van der Waals surface area contributed by atoms with Gasteiger partial charge < -0.3 is 9.47 Å². The third-order valence-corrected chi connectivity index (χ3v) is 4.93. The lowest BCUT2D eigenvalue weighted by molar-refractivity contribution is -0.132. The maximum absolute atomic E-state index is 11.9. The van der Waals surface area contributed by atoms with Crippen molar-refractivity contribution in [2.24, 2.45) is 0 Å². The number of amides is 1. The molecule has 3 nitrogen and oxygen atoms in total. The smallest absolute Gasteiger partial charge is 0.220 e. The molecule has 1 aliphatic heterocycles. The van der Waals surface area contributed by atoms with Gasteiger partial charge in [0.2, 0.25) is 5.91 Å². The van der Waals surface area contributed by atoms with E-state index in [0.29, 0.717) is 6.04 Å². The second-order valence-corrected chi connectivity index (χ2v) is 6.16. The van der Waals surface area contributed by atoms with Gasteiger partial charge in [-0.25, -0.2) is 0 Å². The van der Waals surface area contributed by atoms with Crippen LogP contribution in [0.3, 0.4) is 0 Å². The van der Waals surface area contributed by atoms with E-state index in [-0.39, 0.29) is 5.91 Å². The van der Waals surface area contributed by atoms with Gasteiger partial charge in [0.15, 0.2) is 0 Å². The topological polar surface area (TPSA) is 25.2 Å². The molecule has 104 valence electrons. The molecule has 0 bridgehead atoms. The summed E-state index contributed by atoms with van der Waals surface area (Å²) in [5.41, 5.74) is 5.59. The van der Waals surface area contributed by atoms with E-state index in [0.717, 1.165) is 25.9 Å². The Morgan fingerprint density at radius 1 is 1.30 bits per heavy atom. The van der Waals surface area contributed by atoms with Crippen molar-refractivity contribution in [3.63, 3.8) is 0 Å². The van der Waals surface area contributed by atoms with Crippen molar-refractivity contribution < 1.29 is 4.79 Å². The number of carbonyl (C=O) groups excluding carboxylic acids is 1. The van der Waals surface area contributed by atoms with Gasteiger partial charge in [0, 0.05) is 36.6 Å². The molecule has 4 rings (SSSR count). The lowest BCUT2D eigenvalue weighted by Crippen LogP contribution is -2.42. The number of aryl methyl sites for hydroxylation is 2. The first-order chi connectivity index (χ1) is 9.66. The Morgan fingerprint density at radius 3 is 2.95 bits per heavy atom. The van der Waals surface area contributed by atoms with Crippen LogP contribution in [0.4, 0.5) is 0 Å². The lowest BCUT2D eigenvalue weighted by Gasteiger charge is -2.39. The van der Waals surface area contributed by atoms with Crippen molar-refractivity contribution in [3.05, 3.63) is 35.0 Å². The summed E-state index contributed by atoms with van der Waals surface area (Å²) in [6.45, 7) is 5.65. The number of hydrogen-bond donors (Lipinski definition) is 0. The minimum absolute atomic E-state index is 0.218. The van der Waals surface area contributed by atoms with Gasteiger partial charge in [-0.3, -0.25) is 4.79 Å². The zero-order valence-electron chi connectivity index (χ0n) is 12.1. The van der Waals surface area contributed by atoms with E-state index in [1.54, 1.807) is 6.92 Å². The van der Waals surface area contributed by atoms with E-state index in [4.69, 9.17) is 0 Å². The van der Waals surface area contributed by atoms with Crippen LogP contribution in [0.1, 0.15) is 42.6 Å². The first-order valence-corrected chi connectivity index (χ1v) is 7.55. The zero-order chi connectivity index (χ0) is 13.9. The van der Waals surface area contributed by atoms with Gasteiger partial charge in [-0.05, 0) is 43.9 Å². The molecule has 20 heavy (non-hydrogen) atoms. The Labute approximate surface area is 119 Å². The van der Waals surface area contributed by atoms with Crippen molar-refractivity contribution in [3.8, 4) is 0 Å². The van der Waals surface area contributed by atoms with Crippen molar-refractivity contribution >= 4 is 16.8 Å². The number of carbonyl (C=O) groups is 1. The van der Waals surface area contributed by atoms with Crippen molar-refractivity contribution in [2.45, 2.75) is 45.7 Å². The van der Waals surface area contributed by atoms with Crippen LogP contribution >= 0.6 is 0 Å². The van der Waals surface area contributed by atoms with E-state index < -0.39 is 0 Å². The minimum Gasteiger partial charge on any atom is -0.341 e. The molecule has 0 fully saturated rings. The highest BCUT2D eigenvalue weighted by atomic mass is 16.2. The number of hydrogen-bond acceptors (Lipinski definition) is 1. The van der Waals surface area contributed by atoms with Crippen LogP contribution in [0.15, 0.2) is 18.2 Å². The third kappa shape index (κ3) is 1.49. The van der Waals surface area contributed by atoms with Crippen LogP contribution in [0.2, 0.25) is 0 Å². The molecule has 2 heterocycles. The van der Waals surface area contributed by atoms with Crippen molar-refractivity contribution in [1.82, 2.24) is 9.47 Å². The highest BCUT2D eigenvalue weighted by Gasteiger charge is 2.35. The largest absolute Gasteiger partial charge is 0.341 e. The Bertz CT molecular complexity index is 713. The predicted molar refractivity (Wildman–Crippen MR) is 79.7 cm³/mol. The Balaban J connectivity index is 2.00. The van der Waals surface area contributed by atoms with E-state index in [1.807, 2.05) is 0 Å². The predicted octanol–water partition coefficient (Wildman–Crippen LogP) is 3.19. The highest BCUT2D eigenvalue weighted by molar-refractivity contribution is 5.87. The first-order valence-electron chi connectivity index (χ1n) is 7.55. The third-order valence-electron chi connectivity index (χ3n) is 4.93. The molecular formula is C17H20N2O. The number of aromatic nitrogens is 1. The average molecular weight is 268 g/mol. The van der Waals surface area contributed by atoms with Crippen LogP contribution in [0.25, 0.3) is 10.9 Å². The molecule has 0 radical (unpaired) electrons. The SMILES string of the molecule is CC(=O)N1CCn2c3c(c4cc(C)ccc42)CCC[C@H]31. The molecule has 1 aromatic carbocycles. The molecule has 0 saturated carbocycles. The fraction of sp³-hybridized carbons (Fsp3) is 0.471. The van der Waals surface area contributed by atoms with E-state index in [1.165, 1.54) is 34.1 Å². The molecule has 1 atom stereocenters. The molecule has 1 aromatic heterocycles. The second-order valence-electron chi connectivity index (χ2n) is 6.16. The number of rotatable bonds is 0. The summed E-state index contributed by atoms with van der Waals surface area (Å²) in [5.74, 6) is 0.218. The lowest BCUT2D eigenvalue weighted by atomic mass is 9.89. The quantitative estimate of drug-likeness (QED) is 0.720. The Morgan fingerprint density at radius 2 is 2.15 bits per heavy atom. The molecule has 1 aliphatic carbocycles. The number of nitrogens with zero attached hydrogens (tertiary/aromatic N) is 2. The van der Waals surface area contributed by atoms with Crippen LogP contribution in [-0.2, 0) is 17.8 Å². The summed E-state index contributed by atoms with van der Waals surface area (Å²) < 4.78 is 2.47. The van der Waals surface area contributed by atoms with Gasteiger partial charge in [0.25, 0.3) is 0 Å².